The summed E-state index contributed by atoms with van der Waals surface area (Å²) in [5, 5.41) is 10.1. The lowest BCUT2D eigenvalue weighted by Gasteiger charge is -2.09. The van der Waals surface area contributed by atoms with Gasteiger partial charge in [0.1, 0.15) is 0 Å². The summed E-state index contributed by atoms with van der Waals surface area (Å²) in [5.74, 6) is 0. The van der Waals surface area contributed by atoms with Crippen LogP contribution in [0.15, 0.2) is 53.1 Å². The summed E-state index contributed by atoms with van der Waals surface area (Å²) in [5.41, 5.74) is 9.51. The summed E-state index contributed by atoms with van der Waals surface area (Å²) < 4.78 is 3.05. The second-order valence-corrected chi connectivity index (χ2v) is 5.41. The van der Waals surface area contributed by atoms with E-state index in [2.05, 4.69) is 26.6 Å². The normalized spacial score (nSPS) is 10.6. The van der Waals surface area contributed by atoms with E-state index in [1.807, 2.05) is 48.7 Å². The average molecular weight is 326 g/mol. The van der Waals surface area contributed by atoms with Crippen molar-refractivity contribution in [3.8, 4) is 6.07 Å². The summed E-state index contributed by atoms with van der Waals surface area (Å²) in [6.45, 7) is 0.712. The molecule has 2 N–H and O–H groups in total. The number of anilines is 1. The van der Waals surface area contributed by atoms with Gasteiger partial charge in [0.15, 0.2) is 0 Å². The van der Waals surface area contributed by atoms with Gasteiger partial charge < -0.3 is 10.3 Å². The van der Waals surface area contributed by atoms with Crippen molar-refractivity contribution in [2.75, 3.05) is 5.73 Å². The number of benzene rings is 2. The number of hydrogen-bond acceptors (Lipinski definition) is 2. The maximum absolute atomic E-state index is 9.13. The first-order valence-electron chi connectivity index (χ1n) is 6.21. The minimum absolute atomic E-state index is 0.702. The maximum Gasteiger partial charge on any atom is 0.0998 e. The van der Waals surface area contributed by atoms with Gasteiger partial charge in [-0.25, -0.2) is 0 Å². The van der Waals surface area contributed by atoms with Crippen LogP contribution in [-0.4, -0.2) is 4.57 Å². The fourth-order valence-corrected chi connectivity index (χ4v) is 2.75. The molecule has 0 unspecified atom stereocenters. The molecule has 1 heterocycles. The molecule has 0 atom stereocenters. The summed E-state index contributed by atoms with van der Waals surface area (Å²) in [4.78, 5) is 0. The highest BCUT2D eigenvalue weighted by atomic mass is 79.9. The monoisotopic (exact) mass is 325 g/mol. The maximum atomic E-state index is 9.13. The molecule has 0 aliphatic rings. The average Bonchev–Trinajstić information content (AvgIpc) is 2.87. The molecule has 3 rings (SSSR count). The van der Waals surface area contributed by atoms with Crippen molar-refractivity contribution in [1.82, 2.24) is 4.57 Å². The Balaban J connectivity index is 2.08. The third-order valence-electron chi connectivity index (χ3n) is 3.38. The van der Waals surface area contributed by atoms with Crippen LogP contribution in [0, 0.1) is 11.3 Å². The number of fused-ring (bicyclic) bond motifs is 1. The molecule has 2 aromatic carbocycles. The van der Waals surface area contributed by atoms with Crippen molar-refractivity contribution in [2.45, 2.75) is 6.54 Å². The Labute approximate surface area is 125 Å². The standard InChI is InChI=1S/C16H12BrN3/c17-16-12(4-1-5-14(16)19)10-20-8-7-13-11(9-18)3-2-6-15(13)20/h1-8H,10,19H2. The lowest BCUT2D eigenvalue weighted by molar-refractivity contribution is 0.833. The van der Waals surface area contributed by atoms with Crippen LogP contribution in [0.3, 0.4) is 0 Å². The van der Waals surface area contributed by atoms with E-state index in [4.69, 9.17) is 11.0 Å². The predicted molar refractivity (Wildman–Crippen MR) is 84.3 cm³/mol. The number of nitriles is 1. The summed E-state index contributed by atoms with van der Waals surface area (Å²) >= 11 is 3.53. The number of rotatable bonds is 2. The fourth-order valence-electron chi connectivity index (χ4n) is 2.36. The van der Waals surface area contributed by atoms with Crippen LogP contribution >= 0.6 is 15.9 Å². The van der Waals surface area contributed by atoms with Gasteiger partial charge in [-0.1, -0.05) is 18.2 Å². The number of halogens is 1. The number of nitrogens with two attached hydrogens (primary N) is 1. The SMILES string of the molecule is N#Cc1cccc2c1ccn2Cc1cccc(N)c1Br. The lowest BCUT2D eigenvalue weighted by atomic mass is 10.1. The molecule has 20 heavy (non-hydrogen) atoms. The van der Waals surface area contributed by atoms with Crippen LogP contribution in [0.25, 0.3) is 10.9 Å². The van der Waals surface area contributed by atoms with E-state index in [1.54, 1.807) is 0 Å². The van der Waals surface area contributed by atoms with Crippen molar-refractivity contribution in [3.05, 3.63) is 64.3 Å². The van der Waals surface area contributed by atoms with Crippen molar-refractivity contribution in [3.63, 3.8) is 0 Å². The molecule has 0 radical (unpaired) electrons. The molecule has 4 heteroatoms. The first kappa shape index (κ1) is 12.8. The minimum atomic E-state index is 0.702. The largest absolute Gasteiger partial charge is 0.398 e. The van der Waals surface area contributed by atoms with Gasteiger partial charge in [-0.2, -0.15) is 5.26 Å². The molecule has 0 aliphatic heterocycles. The van der Waals surface area contributed by atoms with E-state index in [-0.39, 0.29) is 0 Å². The smallest absolute Gasteiger partial charge is 0.0998 e. The van der Waals surface area contributed by atoms with Gasteiger partial charge in [0, 0.05) is 33.8 Å². The van der Waals surface area contributed by atoms with Gasteiger partial charge in [0.25, 0.3) is 0 Å². The molecular weight excluding hydrogens is 314 g/mol. The Hall–Kier alpha value is -2.25. The van der Waals surface area contributed by atoms with Crippen molar-refractivity contribution in [1.29, 1.82) is 5.26 Å². The molecular formula is C16H12BrN3. The molecule has 0 bridgehead atoms. The van der Waals surface area contributed by atoms with E-state index in [1.165, 1.54) is 0 Å². The van der Waals surface area contributed by atoms with Crippen molar-refractivity contribution < 1.29 is 0 Å². The van der Waals surface area contributed by atoms with E-state index < -0.39 is 0 Å². The van der Waals surface area contributed by atoms with Gasteiger partial charge in [0.2, 0.25) is 0 Å². The number of aromatic nitrogens is 1. The Morgan fingerprint density at radius 3 is 2.75 bits per heavy atom. The van der Waals surface area contributed by atoms with E-state index >= 15 is 0 Å². The van der Waals surface area contributed by atoms with Gasteiger partial charge in [-0.15, -0.1) is 0 Å². The number of nitrogen functional groups attached to an aromatic ring is 1. The number of hydrogen-bond donors (Lipinski definition) is 1. The van der Waals surface area contributed by atoms with Crippen LogP contribution < -0.4 is 5.73 Å². The van der Waals surface area contributed by atoms with Crippen LogP contribution in [-0.2, 0) is 6.54 Å². The molecule has 3 aromatic rings. The predicted octanol–water partition coefficient (Wildman–Crippen LogP) is 3.91. The Kier molecular flexibility index (Phi) is 3.21. The van der Waals surface area contributed by atoms with Crippen LogP contribution in [0.4, 0.5) is 5.69 Å². The first-order chi connectivity index (χ1) is 9.70. The van der Waals surface area contributed by atoms with Crippen molar-refractivity contribution >= 4 is 32.5 Å². The molecule has 0 aliphatic carbocycles. The second kappa shape index (κ2) is 5.03. The van der Waals surface area contributed by atoms with Gasteiger partial charge in [-0.05, 0) is 45.8 Å². The topological polar surface area (TPSA) is 54.7 Å². The van der Waals surface area contributed by atoms with Crippen LogP contribution in [0.2, 0.25) is 0 Å². The van der Waals surface area contributed by atoms with E-state index in [0.717, 1.165) is 26.6 Å². The quantitative estimate of drug-likeness (QED) is 0.726. The number of nitrogens with zero attached hydrogens (tertiary/aromatic N) is 2. The molecule has 3 nitrogen and oxygen atoms in total. The Morgan fingerprint density at radius 2 is 1.95 bits per heavy atom. The molecule has 0 fully saturated rings. The second-order valence-electron chi connectivity index (χ2n) is 4.61. The molecule has 98 valence electrons. The van der Waals surface area contributed by atoms with Gasteiger partial charge in [-0.3, -0.25) is 0 Å². The lowest BCUT2D eigenvalue weighted by Crippen LogP contribution is -2.00. The molecule has 1 aromatic heterocycles. The van der Waals surface area contributed by atoms with Crippen LogP contribution in [0.1, 0.15) is 11.1 Å². The molecule has 0 saturated heterocycles. The Bertz CT molecular complexity index is 827. The molecule has 0 spiro atoms. The zero-order chi connectivity index (χ0) is 14.1. The zero-order valence-corrected chi connectivity index (χ0v) is 12.3. The highest BCUT2D eigenvalue weighted by molar-refractivity contribution is 9.10. The fraction of sp³-hybridized carbons (Fsp3) is 0.0625. The zero-order valence-electron chi connectivity index (χ0n) is 10.7. The van der Waals surface area contributed by atoms with Gasteiger partial charge >= 0.3 is 0 Å². The van der Waals surface area contributed by atoms with E-state index in [9.17, 15) is 0 Å². The first-order valence-corrected chi connectivity index (χ1v) is 7.01. The molecule has 0 saturated carbocycles. The van der Waals surface area contributed by atoms with Gasteiger partial charge in [0.05, 0.1) is 11.6 Å². The third-order valence-corrected chi connectivity index (χ3v) is 4.35. The Morgan fingerprint density at radius 1 is 1.15 bits per heavy atom. The highest BCUT2D eigenvalue weighted by Crippen LogP contribution is 2.26. The third kappa shape index (κ3) is 2.06. The summed E-state index contributed by atoms with van der Waals surface area (Å²) in [7, 11) is 0. The van der Waals surface area contributed by atoms with Crippen molar-refractivity contribution in [2.24, 2.45) is 0 Å². The summed E-state index contributed by atoms with van der Waals surface area (Å²) in [6, 6.07) is 15.8. The van der Waals surface area contributed by atoms with Crippen LogP contribution in [0.5, 0.6) is 0 Å². The minimum Gasteiger partial charge on any atom is -0.398 e. The highest BCUT2D eigenvalue weighted by Gasteiger charge is 2.08. The van der Waals surface area contributed by atoms with E-state index in [0.29, 0.717) is 12.1 Å². The summed E-state index contributed by atoms with van der Waals surface area (Å²) in [6.07, 6.45) is 2.00. The molecule has 0 amide bonds.